The molecule has 1 heterocycles. The number of benzene rings is 2. The van der Waals surface area contributed by atoms with Crippen LogP contribution in [0.15, 0.2) is 54.3 Å². The number of nitrogens with zero attached hydrogens (tertiary/aromatic N) is 1. The van der Waals surface area contributed by atoms with Crippen molar-refractivity contribution in [1.29, 1.82) is 0 Å². The number of carbonyl (C=O) groups is 2. The summed E-state index contributed by atoms with van der Waals surface area (Å²) < 4.78 is 5.51. The van der Waals surface area contributed by atoms with Gasteiger partial charge in [0, 0.05) is 11.6 Å². The second-order valence-corrected chi connectivity index (χ2v) is 6.67. The van der Waals surface area contributed by atoms with Gasteiger partial charge < -0.3 is 9.84 Å². The van der Waals surface area contributed by atoms with Crippen molar-refractivity contribution in [3.05, 3.63) is 70.4 Å². The van der Waals surface area contributed by atoms with Crippen LogP contribution in [0.1, 0.15) is 24.5 Å². The quantitative estimate of drug-likeness (QED) is 0.731. The van der Waals surface area contributed by atoms with Gasteiger partial charge in [0.2, 0.25) is 0 Å². The van der Waals surface area contributed by atoms with E-state index < -0.39 is 17.6 Å². The first-order valence-electron chi connectivity index (χ1n) is 8.78. The zero-order valence-electron chi connectivity index (χ0n) is 14.9. The maximum Gasteiger partial charge on any atom is 0.296 e. The molecule has 0 unspecified atom stereocenters. The van der Waals surface area contributed by atoms with Gasteiger partial charge in [-0.1, -0.05) is 42.8 Å². The van der Waals surface area contributed by atoms with Crippen LogP contribution in [0.25, 0.3) is 5.57 Å². The highest BCUT2D eigenvalue weighted by molar-refractivity contribution is 6.34. The van der Waals surface area contributed by atoms with E-state index in [1.807, 2.05) is 19.1 Å². The number of rotatable bonds is 7. The fourth-order valence-electron chi connectivity index (χ4n) is 2.86. The van der Waals surface area contributed by atoms with Crippen molar-refractivity contribution in [3.8, 4) is 5.75 Å². The molecule has 0 saturated carbocycles. The molecule has 0 fully saturated rings. The van der Waals surface area contributed by atoms with E-state index in [0.29, 0.717) is 29.4 Å². The number of carbonyl (C=O) groups excluding carboxylic acids is 2. The molecule has 0 spiro atoms. The van der Waals surface area contributed by atoms with E-state index in [4.69, 9.17) is 16.3 Å². The van der Waals surface area contributed by atoms with Gasteiger partial charge in [-0.3, -0.25) is 14.5 Å². The smallest absolute Gasteiger partial charge is 0.296 e. The molecule has 6 heteroatoms. The molecule has 2 aromatic rings. The molecule has 1 N–H and O–H groups in total. The molecule has 0 aromatic heterocycles. The van der Waals surface area contributed by atoms with E-state index in [9.17, 15) is 14.7 Å². The van der Waals surface area contributed by atoms with Crippen molar-refractivity contribution >= 4 is 29.0 Å². The molecule has 27 heavy (non-hydrogen) atoms. The predicted molar refractivity (Wildman–Crippen MR) is 104 cm³/mol. The van der Waals surface area contributed by atoms with E-state index in [1.54, 1.807) is 36.4 Å². The van der Waals surface area contributed by atoms with Crippen molar-refractivity contribution in [2.45, 2.75) is 19.8 Å². The van der Waals surface area contributed by atoms with Crippen LogP contribution in [0.4, 0.5) is 0 Å². The minimum Gasteiger partial charge on any atom is -0.502 e. The van der Waals surface area contributed by atoms with Crippen LogP contribution in [0.5, 0.6) is 5.75 Å². The van der Waals surface area contributed by atoms with Gasteiger partial charge in [0.25, 0.3) is 11.8 Å². The van der Waals surface area contributed by atoms with E-state index in [2.05, 4.69) is 0 Å². The van der Waals surface area contributed by atoms with Gasteiger partial charge in [-0.2, -0.15) is 0 Å². The maximum absolute atomic E-state index is 12.7. The molecule has 0 aliphatic carbocycles. The van der Waals surface area contributed by atoms with Crippen molar-refractivity contribution in [1.82, 2.24) is 4.90 Å². The number of aliphatic hydroxyl groups is 1. The van der Waals surface area contributed by atoms with E-state index >= 15 is 0 Å². The van der Waals surface area contributed by atoms with Gasteiger partial charge in [0.1, 0.15) is 5.75 Å². The molecular weight excluding hydrogens is 366 g/mol. The number of amides is 2. The molecule has 140 valence electrons. The van der Waals surface area contributed by atoms with Gasteiger partial charge in [-0.15, -0.1) is 0 Å². The second-order valence-electron chi connectivity index (χ2n) is 6.23. The molecule has 0 radical (unpaired) electrons. The van der Waals surface area contributed by atoms with Crippen LogP contribution in [0, 0.1) is 0 Å². The van der Waals surface area contributed by atoms with Gasteiger partial charge in [-0.25, -0.2) is 0 Å². The normalized spacial score (nSPS) is 14.2. The number of hydrogen-bond acceptors (Lipinski definition) is 4. The molecule has 0 bridgehead atoms. The Morgan fingerprint density at radius 2 is 1.67 bits per heavy atom. The summed E-state index contributed by atoms with van der Waals surface area (Å²) in [5.41, 5.74) is 1.47. The molecule has 1 aliphatic rings. The minimum absolute atomic E-state index is 0.0261. The maximum atomic E-state index is 12.7. The van der Waals surface area contributed by atoms with E-state index in [1.165, 1.54) is 0 Å². The largest absolute Gasteiger partial charge is 0.502 e. The Morgan fingerprint density at radius 3 is 2.30 bits per heavy atom. The lowest BCUT2D eigenvalue weighted by atomic mass is 10.1. The summed E-state index contributed by atoms with van der Waals surface area (Å²) in [7, 11) is 0. The summed E-state index contributed by atoms with van der Waals surface area (Å²) in [5, 5.41) is 10.8. The molecule has 0 atom stereocenters. The van der Waals surface area contributed by atoms with E-state index in [-0.39, 0.29) is 12.1 Å². The lowest BCUT2D eigenvalue weighted by Gasteiger charge is -2.14. The van der Waals surface area contributed by atoms with Crippen molar-refractivity contribution in [2.24, 2.45) is 0 Å². The Labute approximate surface area is 162 Å². The Morgan fingerprint density at radius 1 is 1.00 bits per heavy atom. The molecule has 0 saturated heterocycles. The lowest BCUT2D eigenvalue weighted by molar-refractivity contribution is -0.138. The lowest BCUT2D eigenvalue weighted by Crippen LogP contribution is -2.33. The average Bonchev–Trinajstić information content (AvgIpc) is 2.89. The standard InChI is InChI=1S/C21H20ClNO4/c1-2-13-27-17-9-5-15(6-10-17)18-19(24)21(26)23(20(18)25)12-11-14-3-7-16(22)8-4-14/h3-10,24H,2,11-13H2,1H3. The average molecular weight is 386 g/mol. The van der Waals surface area contributed by atoms with Gasteiger partial charge in [0.05, 0.1) is 12.2 Å². The molecular formula is C21H20ClNO4. The third-order valence-corrected chi connectivity index (χ3v) is 4.55. The predicted octanol–water partition coefficient (Wildman–Crippen LogP) is 4.01. The number of ether oxygens (including phenoxy) is 1. The highest BCUT2D eigenvalue weighted by atomic mass is 35.5. The van der Waals surface area contributed by atoms with Gasteiger partial charge >= 0.3 is 0 Å². The summed E-state index contributed by atoms with van der Waals surface area (Å²) in [6.07, 6.45) is 1.38. The molecule has 2 amide bonds. The third kappa shape index (κ3) is 4.14. The first-order chi connectivity index (χ1) is 13.0. The molecule has 3 rings (SSSR count). The number of imide groups is 1. The van der Waals surface area contributed by atoms with Gasteiger partial charge in [0.15, 0.2) is 5.76 Å². The summed E-state index contributed by atoms with van der Waals surface area (Å²) in [5.74, 6) is -1.00. The first kappa shape index (κ1) is 19.0. The van der Waals surface area contributed by atoms with Crippen molar-refractivity contribution < 1.29 is 19.4 Å². The Hall–Kier alpha value is -2.79. The topological polar surface area (TPSA) is 66.8 Å². The zero-order chi connectivity index (χ0) is 19.4. The highest BCUT2D eigenvalue weighted by Gasteiger charge is 2.38. The van der Waals surface area contributed by atoms with Crippen LogP contribution >= 0.6 is 11.6 Å². The van der Waals surface area contributed by atoms with Crippen LogP contribution in [0.2, 0.25) is 5.02 Å². The third-order valence-electron chi connectivity index (χ3n) is 4.30. The summed E-state index contributed by atoms with van der Waals surface area (Å²) in [6, 6.07) is 14.0. The van der Waals surface area contributed by atoms with Crippen molar-refractivity contribution in [2.75, 3.05) is 13.2 Å². The Balaban J connectivity index is 1.72. The monoisotopic (exact) mass is 385 g/mol. The fourth-order valence-corrected chi connectivity index (χ4v) is 2.98. The summed E-state index contributed by atoms with van der Waals surface area (Å²) in [6.45, 7) is 2.80. The molecule has 2 aromatic carbocycles. The molecule has 1 aliphatic heterocycles. The van der Waals surface area contributed by atoms with Gasteiger partial charge in [-0.05, 0) is 48.2 Å². The number of aliphatic hydroxyl groups excluding tert-OH is 1. The fraction of sp³-hybridized carbons (Fsp3) is 0.238. The SMILES string of the molecule is CCCOc1ccc(C2=C(O)C(=O)N(CCc3ccc(Cl)cc3)C2=O)cc1. The van der Waals surface area contributed by atoms with Crippen LogP contribution < -0.4 is 4.74 Å². The van der Waals surface area contributed by atoms with Crippen molar-refractivity contribution in [3.63, 3.8) is 0 Å². The number of halogens is 1. The van der Waals surface area contributed by atoms with Crippen LogP contribution in [-0.2, 0) is 16.0 Å². The Kier molecular flexibility index (Phi) is 5.81. The highest BCUT2D eigenvalue weighted by Crippen LogP contribution is 2.29. The summed E-state index contributed by atoms with van der Waals surface area (Å²) in [4.78, 5) is 26.1. The first-order valence-corrected chi connectivity index (χ1v) is 9.16. The van der Waals surface area contributed by atoms with Crippen LogP contribution in [0.3, 0.4) is 0 Å². The second kappa shape index (κ2) is 8.27. The summed E-state index contributed by atoms with van der Waals surface area (Å²) >= 11 is 5.86. The zero-order valence-corrected chi connectivity index (χ0v) is 15.7. The number of hydrogen-bond donors (Lipinski definition) is 1. The molecule has 5 nitrogen and oxygen atoms in total. The minimum atomic E-state index is -0.671. The van der Waals surface area contributed by atoms with Crippen LogP contribution in [-0.4, -0.2) is 35.0 Å². The van der Waals surface area contributed by atoms with E-state index in [0.717, 1.165) is 16.9 Å². The Bertz CT molecular complexity index is 872.